The summed E-state index contributed by atoms with van der Waals surface area (Å²) in [6.07, 6.45) is 1.68. The van der Waals surface area contributed by atoms with Gasteiger partial charge in [-0.2, -0.15) is 0 Å². The molecular weight excluding hydrogens is 271 g/mol. The summed E-state index contributed by atoms with van der Waals surface area (Å²) in [5, 5.41) is 13.0. The molecule has 0 fully saturated rings. The number of rotatable bonds is 2. The molecule has 0 aliphatic heterocycles. The second-order valence-electron chi connectivity index (χ2n) is 4.50. The molecule has 1 amide bonds. The molecule has 0 spiro atoms. The minimum atomic E-state index is -0.769. The molecule has 5 heteroatoms. The normalized spacial score (nSPS) is 10.5. The Bertz CT molecular complexity index is 813. The van der Waals surface area contributed by atoms with Crippen LogP contribution in [0, 0.1) is 5.82 Å². The number of benzene rings is 2. The Kier molecular flexibility index (Phi) is 3.23. The second-order valence-corrected chi connectivity index (χ2v) is 4.50. The summed E-state index contributed by atoms with van der Waals surface area (Å²) in [6.45, 7) is 0. The van der Waals surface area contributed by atoms with Gasteiger partial charge in [-0.1, -0.05) is 12.1 Å². The summed E-state index contributed by atoms with van der Waals surface area (Å²) in [4.78, 5) is 16.2. The molecule has 3 aromatic rings. The highest BCUT2D eigenvalue weighted by molar-refractivity contribution is 6.07. The van der Waals surface area contributed by atoms with E-state index in [0.717, 1.165) is 17.0 Å². The maximum absolute atomic E-state index is 13.6. The quantitative estimate of drug-likeness (QED) is 0.757. The molecule has 0 bridgehead atoms. The fourth-order valence-corrected chi connectivity index (χ4v) is 2.08. The van der Waals surface area contributed by atoms with Crippen molar-refractivity contribution in [1.82, 2.24) is 4.98 Å². The fourth-order valence-electron chi connectivity index (χ4n) is 2.08. The lowest BCUT2D eigenvalue weighted by atomic mass is 10.1. The first-order valence-electron chi connectivity index (χ1n) is 6.29. The van der Waals surface area contributed by atoms with Crippen molar-refractivity contribution in [2.75, 3.05) is 5.32 Å². The first-order valence-corrected chi connectivity index (χ1v) is 6.29. The Labute approximate surface area is 119 Å². The Balaban J connectivity index is 1.93. The van der Waals surface area contributed by atoms with Crippen molar-refractivity contribution in [3.63, 3.8) is 0 Å². The molecule has 1 heterocycles. The number of pyridine rings is 1. The number of hydrogen-bond donors (Lipinski definition) is 2. The van der Waals surface area contributed by atoms with E-state index in [-0.39, 0.29) is 5.56 Å². The molecule has 4 nitrogen and oxygen atoms in total. The Morgan fingerprint density at radius 1 is 1.14 bits per heavy atom. The van der Waals surface area contributed by atoms with Gasteiger partial charge in [0, 0.05) is 17.3 Å². The van der Waals surface area contributed by atoms with E-state index in [4.69, 9.17) is 0 Å². The van der Waals surface area contributed by atoms with Crippen LogP contribution in [0.1, 0.15) is 10.4 Å². The second kappa shape index (κ2) is 5.20. The molecule has 0 aliphatic rings. The lowest BCUT2D eigenvalue weighted by molar-refractivity contribution is 0.102. The monoisotopic (exact) mass is 282 g/mol. The molecule has 0 saturated heterocycles. The van der Waals surface area contributed by atoms with Gasteiger partial charge in [0.25, 0.3) is 5.91 Å². The van der Waals surface area contributed by atoms with E-state index in [0.29, 0.717) is 5.69 Å². The largest absolute Gasteiger partial charge is 0.507 e. The van der Waals surface area contributed by atoms with E-state index in [9.17, 15) is 14.3 Å². The molecule has 21 heavy (non-hydrogen) atoms. The predicted molar refractivity (Wildman–Crippen MR) is 77.8 cm³/mol. The van der Waals surface area contributed by atoms with Crippen LogP contribution in [0.5, 0.6) is 5.75 Å². The number of amides is 1. The van der Waals surface area contributed by atoms with Crippen LogP contribution in [0.3, 0.4) is 0 Å². The average molecular weight is 282 g/mol. The first-order chi connectivity index (χ1) is 10.1. The highest BCUT2D eigenvalue weighted by Gasteiger charge is 2.16. The van der Waals surface area contributed by atoms with Gasteiger partial charge in [0.05, 0.1) is 5.52 Å². The molecule has 0 unspecified atom stereocenters. The SMILES string of the molecule is O=C(Nc1ccc2ncccc2c1)c1c(O)cccc1F. The lowest BCUT2D eigenvalue weighted by Gasteiger charge is -2.08. The first kappa shape index (κ1) is 13.1. The Morgan fingerprint density at radius 3 is 2.81 bits per heavy atom. The van der Waals surface area contributed by atoms with Gasteiger partial charge in [-0.05, 0) is 36.4 Å². The number of hydrogen-bond acceptors (Lipinski definition) is 3. The molecule has 0 saturated carbocycles. The summed E-state index contributed by atoms with van der Waals surface area (Å²) in [6, 6.07) is 12.5. The number of aromatic hydroxyl groups is 1. The number of phenolic OH excluding ortho intramolecular Hbond substituents is 1. The topological polar surface area (TPSA) is 62.2 Å². The summed E-state index contributed by atoms with van der Waals surface area (Å²) >= 11 is 0. The van der Waals surface area contributed by atoms with Crippen molar-refractivity contribution in [3.05, 3.63) is 66.1 Å². The van der Waals surface area contributed by atoms with E-state index < -0.39 is 17.5 Å². The number of phenols is 1. The molecule has 3 rings (SSSR count). The van der Waals surface area contributed by atoms with Crippen molar-refractivity contribution < 1.29 is 14.3 Å². The van der Waals surface area contributed by atoms with E-state index in [2.05, 4.69) is 10.3 Å². The number of carbonyl (C=O) groups is 1. The summed E-state index contributed by atoms with van der Waals surface area (Å²) in [7, 11) is 0. The zero-order chi connectivity index (χ0) is 14.8. The van der Waals surface area contributed by atoms with E-state index >= 15 is 0 Å². The molecule has 0 radical (unpaired) electrons. The highest BCUT2D eigenvalue weighted by Crippen LogP contribution is 2.22. The van der Waals surface area contributed by atoms with E-state index in [1.165, 1.54) is 12.1 Å². The van der Waals surface area contributed by atoms with Gasteiger partial charge in [-0.25, -0.2) is 4.39 Å². The molecule has 2 N–H and O–H groups in total. The fraction of sp³-hybridized carbons (Fsp3) is 0. The van der Waals surface area contributed by atoms with Crippen LogP contribution in [0.4, 0.5) is 10.1 Å². The zero-order valence-corrected chi connectivity index (χ0v) is 10.9. The highest BCUT2D eigenvalue weighted by atomic mass is 19.1. The third-order valence-corrected chi connectivity index (χ3v) is 3.08. The molecular formula is C16H11FN2O2. The summed E-state index contributed by atoms with van der Waals surface area (Å²) in [5.41, 5.74) is 0.927. The van der Waals surface area contributed by atoms with Crippen LogP contribution in [0.2, 0.25) is 0 Å². The maximum Gasteiger partial charge on any atom is 0.262 e. The van der Waals surface area contributed by atoms with Gasteiger partial charge in [0.15, 0.2) is 0 Å². The van der Waals surface area contributed by atoms with Gasteiger partial charge < -0.3 is 10.4 Å². The Morgan fingerprint density at radius 2 is 2.00 bits per heavy atom. The summed E-state index contributed by atoms with van der Waals surface area (Å²) < 4.78 is 13.6. The molecule has 0 atom stereocenters. The van der Waals surface area contributed by atoms with Crippen molar-refractivity contribution >= 4 is 22.5 Å². The number of fused-ring (bicyclic) bond motifs is 1. The molecule has 2 aromatic carbocycles. The third-order valence-electron chi connectivity index (χ3n) is 3.08. The van der Waals surface area contributed by atoms with Crippen LogP contribution in [0.25, 0.3) is 10.9 Å². The van der Waals surface area contributed by atoms with Gasteiger partial charge >= 0.3 is 0 Å². The maximum atomic E-state index is 13.6. The van der Waals surface area contributed by atoms with Crippen LogP contribution < -0.4 is 5.32 Å². The average Bonchev–Trinajstić information content (AvgIpc) is 2.47. The van der Waals surface area contributed by atoms with E-state index in [1.54, 1.807) is 30.5 Å². The number of nitrogens with zero attached hydrogens (tertiary/aromatic N) is 1. The van der Waals surface area contributed by atoms with Crippen molar-refractivity contribution in [3.8, 4) is 5.75 Å². The van der Waals surface area contributed by atoms with Gasteiger partial charge in [0.2, 0.25) is 0 Å². The molecule has 1 aromatic heterocycles. The van der Waals surface area contributed by atoms with Crippen molar-refractivity contribution in [2.45, 2.75) is 0 Å². The van der Waals surface area contributed by atoms with Crippen LogP contribution in [0.15, 0.2) is 54.7 Å². The summed E-state index contributed by atoms with van der Waals surface area (Å²) in [5.74, 6) is -1.86. The number of anilines is 1. The molecule has 104 valence electrons. The number of carbonyl (C=O) groups excluding carboxylic acids is 1. The van der Waals surface area contributed by atoms with Gasteiger partial charge in [-0.15, -0.1) is 0 Å². The zero-order valence-electron chi connectivity index (χ0n) is 10.9. The predicted octanol–water partition coefficient (Wildman–Crippen LogP) is 3.33. The van der Waals surface area contributed by atoms with Crippen LogP contribution >= 0.6 is 0 Å². The number of aromatic nitrogens is 1. The Hall–Kier alpha value is -2.95. The molecule has 0 aliphatic carbocycles. The van der Waals surface area contributed by atoms with Crippen molar-refractivity contribution in [1.29, 1.82) is 0 Å². The smallest absolute Gasteiger partial charge is 0.262 e. The minimum Gasteiger partial charge on any atom is -0.507 e. The third kappa shape index (κ3) is 2.53. The van der Waals surface area contributed by atoms with Crippen LogP contribution in [-0.4, -0.2) is 16.0 Å². The van der Waals surface area contributed by atoms with E-state index in [1.807, 2.05) is 6.07 Å². The van der Waals surface area contributed by atoms with Gasteiger partial charge in [0.1, 0.15) is 17.1 Å². The number of nitrogens with one attached hydrogen (secondary N) is 1. The van der Waals surface area contributed by atoms with Crippen molar-refractivity contribution in [2.24, 2.45) is 0 Å². The van der Waals surface area contributed by atoms with Crippen LogP contribution in [-0.2, 0) is 0 Å². The standard InChI is InChI=1S/C16H11FN2O2/c17-12-4-1-5-14(20)15(12)16(21)19-11-6-7-13-10(9-11)3-2-8-18-13/h1-9,20H,(H,19,21). The van der Waals surface area contributed by atoms with Gasteiger partial charge in [-0.3, -0.25) is 9.78 Å². The lowest BCUT2D eigenvalue weighted by Crippen LogP contribution is -2.14. The number of halogens is 1. The minimum absolute atomic E-state index is 0.371.